The average molecular weight is 203 g/mol. The molecule has 0 aromatic heterocycles. The first kappa shape index (κ1) is 11.5. The fourth-order valence-electron chi connectivity index (χ4n) is 1.38. The van der Waals surface area contributed by atoms with Crippen molar-refractivity contribution in [2.75, 3.05) is 19.0 Å². The van der Waals surface area contributed by atoms with Crippen molar-refractivity contribution in [3.05, 3.63) is 23.8 Å². The van der Waals surface area contributed by atoms with Gasteiger partial charge in [0.1, 0.15) is 5.75 Å². The first-order valence-corrected chi connectivity index (χ1v) is 5.06. The quantitative estimate of drug-likeness (QED) is 0.600. The van der Waals surface area contributed by atoms with Crippen molar-refractivity contribution in [1.29, 1.82) is 0 Å². The summed E-state index contributed by atoms with van der Waals surface area (Å²) in [5.74, 6) is 6.82. The molecule has 0 saturated heterocycles. The molecule has 1 N–H and O–H groups in total. The number of hydrogen-bond donors (Lipinski definition) is 1. The van der Waals surface area contributed by atoms with Gasteiger partial charge in [-0.2, -0.15) is 0 Å². The van der Waals surface area contributed by atoms with Crippen molar-refractivity contribution in [1.82, 2.24) is 0 Å². The zero-order chi connectivity index (χ0) is 11.1. The third kappa shape index (κ3) is 3.55. The number of rotatable bonds is 4. The topological polar surface area (TPSA) is 21.3 Å². The number of ether oxygens (including phenoxy) is 1. The van der Waals surface area contributed by atoms with Crippen LogP contribution in [0.15, 0.2) is 18.2 Å². The fourth-order valence-corrected chi connectivity index (χ4v) is 1.38. The van der Waals surface area contributed by atoms with E-state index in [9.17, 15) is 0 Å². The van der Waals surface area contributed by atoms with Gasteiger partial charge in [0.25, 0.3) is 0 Å². The minimum absolute atomic E-state index is 0.877. The summed E-state index contributed by atoms with van der Waals surface area (Å²) in [4.78, 5) is 0. The number of aryl methyl sites for hydroxylation is 1. The molecule has 0 fully saturated rings. The lowest BCUT2D eigenvalue weighted by Gasteiger charge is -2.08. The molecule has 15 heavy (non-hydrogen) atoms. The first-order valence-electron chi connectivity index (χ1n) is 5.06. The lowest BCUT2D eigenvalue weighted by atomic mass is 10.2. The summed E-state index contributed by atoms with van der Waals surface area (Å²) in [5, 5.41) is 3.31. The van der Waals surface area contributed by atoms with E-state index in [1.165, 1.54) is 0 Å². The van der Waals surface area contributed by atoms with Crippen molar-refractivity contribution < 1.29 is 4.74 Å². The lowest BCUT2D eigenvalue weighted by molar-refractivity contribution is 0.412. The molecule has 0 aliphatic rings. The molecule has 0 heterocycles. The van der Waals surface area contributed by atoms with E-state index in [4.69, 9.17) is 4.74 Å². The monoisotopic (exact) mass is 203 g/mol. The van der Waals surface area contributed by atoms with Gasteiger partial charge in [0.2, 0.25) is 0 Å². The van der Waals surface area contributed by atoms with Crippen LogP contribution in [0.4, 0.5) is 5.69 Å². The van der Waals surface area contributed by atoms with Gasteiger partial charge >= 0.3 is 0 Å². The average Bonchev–Trinajstić information content (AvgIpc) is 2.25. The minimum Gasteiger partial charge on any atom is -0.496 e. The molecule has 0 aliphatic heterocycles. The Morgan fingerprint density at radius 2 is 2.20 bits per heavy atom. The molecule has 0 amide bonds. The standard InChI is InChI=1S/C13H17NO/c1-4-5-6-9-14-12-7-8-13(15-3)11(2)10-12/h7-8,10,14H,6,9H2,1-3H3. The van der Waals surface area contributed by atoms with Crippen LogP contribution in [0.3, 0.4) is 0 Å². The van der Waals surface area contributed by atoms with E-state index in [0.717, 1.165) is 30.0 Å². The maximum atomic E-state index is 5.19. The Morgan fingerprint density at radius 1 is 1.40 bits per heavy atom. The van der Waals surface area contributed by atoms with Crippen LogP contribution in [0.2, 0.25) is 0 Å². The second-order valence-electron chi connectivity index (χ2n) is 3.29. The largest absolute Gasteiger partial charge is 0.496 e. The van der Waals surface area contributed by atoms with Gasteiger partial charge < -0.3 is 10.1 Å². The van der Waals surface area contributed by atoms with E-state index >= 15 is 0 Å². The van der Waals surface area contributed by atoms with Gasteiger partial charge in [-0.15, -0.1) is 11.8 Å². The van der Waals surface area contributed by atoms with Crippen LogP contribution < -0.4 is 10.1 Å². The predicted octanol–water partition coefficient (Wildman–Crippen LogP) is 2.83. The SMILES string of the molecule is CC#CCCNc1ccc(OC)c(C)c1. The molecule has 0 unspecified atom stereocenters. The first-order chi connectivity index (χ1) is 7.27. The highest BCUT2D eigenvalue weighted by Crippen LogP contribution is 2.21. The molecule has 80 valence electrons. The fraction of sp³-hybridized carbons (Fsp3) is 0.385. The summed E-state index contributed by atoms with van der Waals surface area (Å²) in [6.07, 6.45) is 0.877. The van der Waals surface area contributed by atoms with Crippen LogP contribution >= 0.6 is 0 Å². The van der Waals surface area contributed by atoms with Crippen molar-refractivity contribution in [2.24, 2.45) is 0 Å². The molecule has 0 atom stereocenters. The van der Waals surface area contributed by atoms with E-state index in [0.29, 0.717) is 0 Å². The normalized spacial score (nSPS) is 9.00. The molecule has 0 saturated carbocycles. The second kappa shape index (κ2) is 5.98. The number of methoxy groups -OCH3 is 1. The predicted molar refractivity (Wildman–Crippen MR) is 64.3 cm³/mol. The lowest BCUT2D eigenvalue weighted by Crippen LogP contribution is -2.00. The minimum atomic E-state index is 0.877. The van der Waals surface area contributed by atoms with Crippen LogP contribution in [-0.2, 0) is 0 Å². The highest BCUT2D eigenvalue weighted by Gasteiger charge is 1.98. The highest BCUT2D eigenvalue weighted by molar-refractivity contribution is 5.50. The van der Waals surface area contributed by atoms with Crippen molar-refractivity contribution in [3.8, 4) is 17.6 Å². The van der Waals surface area contributed by atoms with Gasteiger partial charge in [-0.05, 0) is 37.6 Å². The summed E-state index contributed by atoms with van der Waals surface area (Å²) >= 11 is 0. The van der Waals surface area contributed by atoms with Gasteiger partial charge in [0, 0.05) is 18.7 Å². The van der Waals surface area contributed by atoms with E-state index in [2.05, 4.69) is 23.2 Å². The third-order valence-electron chi connectivity index (χ3n) is 2.15. The molecule has 1 aromatic rings. The molecule has 1 rings (SSSR count). The molecule has 1 aromatic carbocycles. The van der Waals surface area contributed by atoms with E-state index in [-0.39, 0.29) is 0 Å². The summed E-state index contributed by atoms with van der Waals surface area (Å²) in [5.41, 5.74) is 2.26. The third-order valence-corrected chi connectivity index (χ3v) is 2.15. The van der Waals surface area contributed by atoms with Crippen molar-refractivity contribution >= 4 is 5.69 Å². The molecular formula is C13H17NO. The number of hydrogen-bond acceptors (Lipinski definition) is 2. The maximum absolute atomic E-state index is 5.19. The van der Waals surface area contributed by atoms with E-state index in [1.807, 2.05) is 26.0 Å². The molecule has 0 aliphatic carbocycles. The molecule has 2 heteroatoms. The number of nitrogens with one attached hydrogen (secondary N) is 1. The van der Waals surface area contributed by atoms with Crippen molar-refractivity contribution in [3.63, 3.8) is 0 Å². The van der Waals surface area contributed by atoms with Gasteiger partial charge in [0.15, 0.2) is 0 Å². The zero-order valence-corrected chi connectivity index (χ0v) is 9.55. The van der Waals surface area contributed by atoms with Crippen molar-refractivity contribution in [2.45, 2.75) is 20.3 Å². The molecule has 2 nitrogen and oxygen atoms in total. The second-order valence-corrected chi connectivity index (χ2v) is 3.29. The van der Waals surface area contributed by atoms with E-state index in [1.54, 1.807) is 7.11 Å². The van der Waals surface area contributed by atoms with Crippen LogP contribution in [-0.4, -0.2) is 13.7 Å². The van der Waals surface area contributed by atoms with Gasteiger partial charge in [0.05, 0.1) is 7.11 Å². The molecular weight excluding hydrogens is 186 g/mol. The Bertz CT molecular complexity index is 374. The summed E-state index contributed by atoms with van der Waals surface area (Å²) in [6.45, 7) is 4.78. The summed E-state index contributed by atoms with van der Waals surface area (Å²) < 4.78 is 5.19. The molecule has 0 bridgehead atoms. The molecule has 0 spiro atoms. The van der Waals surface area contributed by atoms with E-state index < -0.39 is 0 Å². The Morgan fingerprint density at radius 3 is 2.80 bits per heavy atom. The van der Waals surface area contributed by atoms with Crippen LogP contribution in [0.5, 0.6) is 5.75 Å². The zero-order valence-electron chi connectivity index (χ0n) is 9.55. The van der Waals surface area contributed by atoms with Crippen LogP contribution in [0, 0.1) is 18.8 Å². The Labute approximate surface area is 91.6 Å². The maximum Gasteiger partial charge on any atom is 0.121 e. The summed E-state index contributed by atoms with van der Waals surface area (Å²) in [7, 11) is 1.69. The van der Waals surface area contributed by atoms with Gasteiger partial charge in [-0.25, -0.2) is 0 Å². The van der Waals surface area contributed by atoms with Crippen LogP contribution in [0.1, 0.15) is 18.9 Å². The highest BCUT2D eigenvalue weighted by atomic mass is 16.5. The smallest absolute Gasteiger partial charge is 0.121 e. The van der Waals surface area contributed by atoms with Crippen LogP contribution in [0.25, 0.3) is 0 Å². The Balaban J connectivity index is 2.54. The summed E-state index contributed by atoms with van der Waals surface area (Å²) in [6, 6.07) is 6.08. The Kier molecular flexibility index (Phi) is 4.56. The molecule has 0 radical (unpaired) electrons. The van der Waals surface area contributed by atoms with Gasteiger partial charge in [-0.3, -0.25) is 0 Å². The number of benzene rings is 1. The Hall–Kier alpha value is -1.62. The van der Waals surface area contributed by atoms with Gasteiger partial charge in [-0.1, -0.05) is 0 Å². The number of anilines is 1.